The van der Waals surface area contributed by atoms with Crippen LogP contribution in [0.1, 0.15) is 36.0 Å². The lowest BCUT2D eigenvalue weighted by molar-refractivity contribution is -0.126. The van der Waals surface area contributed by atoms with E-state index in [0.29, 0.717) is 36.4 Å². The van der Waals surface area contributed by atoms with Crippen molar-refractivity contribution in [3.05, 3.63) is 54.0 Å². The van der Waals surface area contributed by atoms with Crippen LogP contribution in [0.25, 0.3) is 11.3 Å². The molecule has 1 aliphatic rings. The number of hydrogen-bond acceptors (Lipinski definition) is 4. The molecule has 1 saturated carbocycles. The van der Waals surface area contributed by atoms with Gasteiger partial charge in [-0.05, 0) is 43.5 Å². The highest BCUT2D eigenvalue weighted by Crippen LogP contribution is 2.25. The molecule has 2 atom stereocenters. The molecule has 0 bridgehead atoms. The lowest BCUT2D eigenvalue weighted by Crippen LogP contribution is -2.43. The summed E-state index contributed by atoms with van der Waals surface area (Å²) in [7, 11) is 1.60. The van der Waals surface area contributed by atoms with Gasteiger partial charge in [-0.15, -0.1) is 0 Å². The van der Waals surface area contributed by atoms with Crippen LogP contribution in [0.15, 0.2) is 42.6 Å². The van der Waals surface area contributed by atoms with Crippen LogP contribution in [0.4, 0.5) is 4.39 Å². The van der Waals surface area contributed by atoms with Crippen molar-refractivity contribution < 1.29 is 18.7 Å². The summed E-state index contributed by atoms with van der Waals surface area (Å²) in [4.78, 5) is 29.1. The van der Waals surface area contributed by atoms with Crippen molar-refractivity contribution in [2.75, 3.05) is 20.3 Å². The lowest BCUT2D eigenvalue weighted by atomic mass is 9.85. The monoisotopic (exact) mass is 399 g/mol. The average Bonchev–Trinajstić information content (AvgIpc) is 2.74. The van der Waals surface area contributed by atoms with Gasteiger partial charge in [-0.2, -0.15) is 0 Å². The van der Waals surface area contributed by atoms with E-state index in [4.69, 9.17) is 4.74 Å². The number of aromatic nitrogens is 1. The van der Waals surface area contributed by atoms with Crippen LogP contribution in [0.5, 0.6) is 0 Å². The molecule has 0 unspecified atom stereocenters. The Kier molecular flexibility index (Phi) is 7.30. The summed E-state index contributed by atoms with van der Waals surface area (Å²) in [6.45, 7) is 0.976. The van der Waals surface area contributed by atoms with Gasteiger partial charge in [0.1, 0.15) is 5.82 Å². The molecule has 2 N–H and O–H groups in total. The number of amides is 2. The van der Waals surface area contributed by atoms with Crippen molar-refractivity contribution in [1.82, 2.24) is 15.6 Å². The second-order valence-electron chi connectivity index (χ2n) is 7.26. The molecular weight excluding hydrogens is 373 g/mol. The first-order valence-electron chi connectivity index (χ1n) is 9.86. The highest BCUT2D eigenvalue weighted by molar-refractivity contribution is 5.94. The van der Waals surface area contributed by atoms with Gasteiger partial charge in [0.2, 0.25) is 5.91 Å². The Hall–Kier alpha value is -2.80. The number of hydrogen-bond donors (Lipinski definition) is 2. The third-order valence-corrected chi connectivity index (χ3v) is 5.13. The maximum atomic E-state index is 13.4. The van der Waals surface area contributed by atoms with Crippen molar-refractivity contribution in [3.63, 3.8) is 0 Å². The fourth-order valence-electron chi connectivity index (χ4n) is 3.60. The molecule has 0 spiro atoms. The van der Waals surface area contributed by atoms with Crippen molar-refractivity contribution >= 4 is 11.8 Å². The largest absolute Gasteiger partial charge is 0.383 e. The van der Waals surface area contributed by atoms with Gasteiger partial charge >= 0.3 is 0 Å². The number of ether oxygens (including phenoxy) is 1. The molecule has 1 heterocycles. The summed E-state index contributed by atoms with van der Waals surface area (Å²) >= 11 is 0. The number of carbonyl (C=O) groups is 2. The maximum absolute atomic E-state index is 13.4. The molecule has 0 saturated heterocycles. The molecule has 2 aromatic rings. The standard InChI is InChI=1S/C22H26FN3O3/c1-29-11-10-24-21(27)16-5-3-7-19(13-16)26-22(28)17-8-9-20(25-14-17)15-4-2-6-18(23)12-15/h2,4,6,8-9,12,14,16,19H,3,5,7,10-11,13H2,1H3,(H,24,27)(H,26,28)/t16-,19-/m1/s1. The number of halogens is 1. The average molecular weight is 399 g/mol. The summed E-state index contributed by atoms with van der Waals surface area (Å²) in [5.41, 5.74) is 1.70. The van der Waals surface area contributed by atoms with Crippen molar-refractivity contribution in [2.24, 2.45) is 5.92 Å². The normalized spacial score (nSPS) is 18.8. The molecule has 7 heteroatoms. The number of pyridine rings is 1. The summed E-state index contributed by atoms with van der Waals surface area (Å²) in [5, 5.41) is 5.88. The van der Waals surface area contributed by atoms with Gasteiger partial charge in [0.15, 0.2) is 0 Å². The summed E-state index contributed by atoms with van der Waals surface area (Å²) < 4.78 is 18.3. The van der Waals surface area contributed by atoms with E-state index < -0.39 is 0 Å². The topological polar surface area (TPSA) is 80.3 Å². The molecule has 6 nitrogen and oxygen atoms in total. The zero-order valence-electron chi connectivity index (χ0n) is 16.5. The van der Waals surface area contributed by atoms with Gasteiger partial charge in [0.05, 0.1) is 17.9 Å². The number of nitrogens with one attached hydrogen (secondary N) is 2. The number of carbonyl (C=O) groups excluding carboxylic acids is 2. The number of nitrogens with zero attached hydrogens (tertiary/aromatic N) is 1. The predicted octanol–water partition coefficient (Wildman–Crippen LogP) is 2.94. The fraction of sp³-hybridized carbons (Fsp3) is 0.409. The third kappa shape index (κ3) is 5.84. The molecule has 0 radical (unpaired) electrons. The Bertz CT molecular complexity index is 841. The minimum absolute atomic E-state index is 0.0158. The van der Waals surface area contributed by atoms with Gasteiger partial charge in [-0.1, -0.05) is 18.6 Å². The van der Waals surface area contributed by atoms with E-state index in [2.05, 4.69) is 15.6 Å². The fourth-order valence-corrected chi connectivity index (χ4v) is 3.60. The summed E-state index contributed by atoms with van der Waals surface area (Å²) in [5.74, 6) is -0.626. The SMILES string of the molecule is COCCNC(=O)[C@@H]1CCC[C@@H](NC(=O)c2ccc(-c3cccc(F)c3)nc2)C1. The van der Waals surface area contributed by atoms with Gasteiger partial charge < -0.3 is 15.4 Å². The second-order valence-corrected chi connectivity index (χ2v) is 7.26. The van der Waals surface area contributed by atoms with Crippen molar-refractivity contribution in [3.8, 4) is 11.3 Å². The minimum Gasteiger partial charge on any atom is -0.383 e. The lowest BCUT2D eigenvalue weighted by Gasteiger charge is -2.29. The number of methoxy groups -OCH3 is 1. The van der Waals surface area contributed by atoms with Gasteiger partial charge in [-0.3, -0.25) is 14.6 Å². The Morgan fingerprint density at radius 3 is 2.83 bits per heavy atom. The van der Waals surface area contributed by atoms with Crippen LogP contribution >= 0.6 is 0 Å². The first-order chi connectivity index (χ1) is 14.1. The van der Waals surface area contributed by atoms with Gasteiger partial charge in [0.25, 0.3) is 5.91 Å². The van der Waals surface area contributed by atoms with E-state index in [1.165, 1.54) is 18.3 Å². The quantitative estimate of drug-likeness (QED) is 0.702. The van der Waals surface area contributed by atoms with E-state index in [9.17, 15) is 14.0 Å². The van der Waals surface area contributed by atoms with Crippen LogP contribution in [0.2, 0.25) is 0 Å². The maximum Gasteiger partial charge on any atom is 0.253 e. The molecule has 154 valence electrons. The first-order valence-corrected chi connectivity index (χ1v) is 9.86. The molecule has 1 aromatic heterocycles. The Balaban J connectivity index is 1.56. The van der Waals surface area contributed by atoms with Crippen molar-refractivity contribution in [1.29, 1.82) is 0 Å². The number of rotatable bonds is 7. The van der Waals surface area contributed by atoms with Gasteiger partial charge in [-0.25, -0.2) is 4.39 Å². The van der Waals surface area contributed by atoms with Crippen LogP contribution in [0, 0.1) is 11.7 Å². The molecule has 1 aliphatic carbocycles. The van der Waals surface area contributed by atoms with Crippen LogP contribution in [0.3, 0.4) is 0 Å². The van der Waals surface area contributed by atoms with E-state index in [1.807, 2.05) is 0 Å². The Morgan fingerprint density at radius 1 is 1.24 bits per heavy atom. The van der Waals surface area contributed by atoms with E-state index in [-0.39, 0.29) is 29.6 Å². The van der Waals surface area contributed by atoms with E-state index in [0.717, 1.165) is 19.3 Å². The summed E-state index contributed by atoms with van der Waals surface area (Å²) in [6.07, 6.45) is 4.69. The van der Waals surface area contributed by atoms with Crippen LogP contribution < -0.4 is 10.6 Å². The highest BCUT2D eigenvalue weighted by atomic mass is 19.1. The van der Waals surface area contributed by atoms with E-state index >= 15 is 0 Å². The zero-order valence-corrected chi connectivity index (χ0v) is 16.5. The predicted molar refractivity (Wildman–Crippen MR) is 108 cm³/mol. The molecule has 29 heavy (non-hydrogen) atoms. The smallest absolute Gasteiger partial charge is 0.253 e. The number of benzene rings is 1. The molecular formula is C22H26FN3O3. The first kappa shape index (κ1) is 20.9. The Morgan fingerprint density at radius 2 is 2.10 bits per heavy atom. The van der Waals surface area contributed by atoms with Gasteiger partial charge in [0, 0.05) is 37.4 Å². The molecule has 0 aliphatic heterocycles. The zero-order chi connectivity index (χ0) is 20.6. The second kappa shape index (κ2) is 10.1. The third-order valence-electron chi connectivity index (χ3n) is 5.13. The van der Waals surface area contributed by atoms with Crippen LogP contribution in [-0.2, 0) is 9.53 Å². The molecule has 1 aromatic carbocycles. The Labute approximate surface area is 169 Å². The molecule has 3 rings (SSSR count). The van der Waals surface area contributed by atoms with Crippen LogP contribution in [-0.4, -0.2) is 43.1 Å². The summed E-state index contributed by atoms with van der Waals surface area (Å²) in [6, 6.07) is 9.51. The van der Waals surface area contributed by atoms with Crippen molar-refractivity contribution in [2.45, 2.75) is 31.7 Å². The van der Waals surface area contributed by atoms with E-state index in [1.54, 1.807) is 31.4 Å². The highest BCUT2D eigenvalue weighted by Gasteiger charge is 2.28. The molecule has 2 amide bonds. The molecule has 1 fully saturated rings. The minimum atomic E-state index is -0.329.